The lowest BCUT2D eigenvalue weighted by Gasteiger charge is -2.07. The number of nitrogens with zero attached hydrogens (tertiary/aromatic N) is 2. The van der Waals surface area contributed by atoms with Crippen molar-refractivity contribution >= 4 is 5.69 Å². The van der Waals surface area contributed by atoms with E-state index < -0.39 is 11.9 Å². The molecular formula is C13H13F4N3. The molecular weight excluding hydrogens is 274 g/mol. The maximum absolute atomic E-state index is 13.3. The molecule has 0 aliphatic heterocycles. The van der Waals surface area contributed by atoms with E-state index in [1.54, 1.807) is 19.1 Å². The van der Waals surface area contributed by atoms with Crippen LogP contribution in [0.25, 0.3) is 0 Å². The van der Waals surface area contributed by atoms with E-state index in [1.165, 1.54) is 13.1 Å². The second-order valence-electron chi connectivity index (χ2n) is 4.46. The molecule has 0 unspecified atom stereocenters. The number of anilines is 1. The van der Waals surface area contributed by atoms with Gasteiger partial charge in [-0.05, 0) is 30.7 Å². The van der Waals surface area contributed by atoms with E-state index in [-0.39, 0.29) is 12.4 Å². The van der Waals surface area contributed by atoms with Gasteiger partial charge in [0, 0.05) is 12.7 Å². The first-order valence-electron chi connectivity index (χ1n) is 5.87. The zero-order valence-electron chi connectivity index (χ0n) is 10.9. The van der Waals surface area contributed by atoms with E-state index in [0.717, 1.165) is 10.7 Å². The van der Waals surface area contributed by atoms with Gasteiger partial charge in [-0.15, -0.1) is 0 Å². The summed E-state index contributed by atoms with van der Waals surface area (Å²) in [7, 11) is 1.43. The molecule has 0 aliphatic rings. The van der Waals surface area contributed by atoms with E-state index in [1.807, 2.05) is 0 Å². The molecule has 1 aromatic heterocycles. The maximum Gasteiger partial charge on any atom is 0.435 e. The number of benzene rings is 1. The third-order valence-electron chi connectivity index (χ3n) is 2.91. The first kappa shape index (κ1) is 14.4. The molecule has 0 bridgehead atoms. The van der Waals surface area contributed by atoms with E-state index in [0.29, 0.717) is 16.9 Å². The lowest BCUT2D eigenvalue weighted by atomic mass is 10.2. The SMILES string of the molecule is Cc1ccc(NCc2cc(C(F)(F)F)nn2C)cc1F. The molecule has 1 N–H and O–H groups in total. The molecule has 0 amide bonds. The normalized spacial score (nSPS) is 11.7. The van der Waals surface area contributed by atoms with Crippen LogP contribution in [-0.4, -0.2) is 9.78 Å². The average Bonchev–Trinajstić information content (AvgIpc) is 2.72. The fraction of sp³-hybridized carbons (Fsp3) is 0.308. The van der Waals surface area contributed by atoms with Crippen LogP contribution in [0.5, 0.6) is 0 Å². The zero-order valence-corrected chi connectivity index (χ0v) is 10.9. The molecule has 0 saturated heterocycles. The van der Waals surface area contributed by atoms with Crippen LogP contribution in [0.4, 0.5) is 23.2 Å². The molecule has 1 aromatic carbocycles. The average molecular weight is 287 g/mol. The fourth-order valence-electron chi connectivity index (χ4n) is 1.71. The van der Waals surface area contributed by atoms with Gasteiger partial charge in [0.1, 0.15) is 5.82 Å². The molecule has 7 heteroatoms. The number of alkyl halides is 3. The van der Waals surface area contributed by atoms with Crippen LogP contribution in [0.2, 0.25) is 0 Å². The fourth-order valence-corrected chi connectivity index (χ4v) is 1.71. The summed E-state index contributed by atoms with van der Waals surface area (Å²) in [6.07, 6.45) is -4.47. The zero-order chi connectivity index (χ0) is 14.9. The summed E-state index contributed by atoms with van der Waals surface area (Å²) in [6, 6.07) is 5.54. The molecule has 1 heterocycles. The van der Waals surface area contributed by atoms with E-state index in [4.69, 9.17) is 0 Å². The van der Waals surface area contributed by atoms with E-state index in [2.05, 4.69) is 10.4 Å². The van der Waals surface area contributed by atoms with Gasteiger partial charge in [-0.3, -0.25) is 4.68 Å². The van der Waals surface area contributed by atoms with Crippen molar-refractivity contribution in [3.05, 3.63) is 47.0 Å². The standard InChI is InChI=1S/C13H13F4N3/c1-8-3-4-9(5-11(8)14)18-7-10-6-12(13(15,16)17)19-20(10)2/h3-6,18H,7H2,1-2H3. The smallest absolute Gasteiger partial charge is 0.379 e. The van der Waals surface area contributed by atoms with Crippen LogP contribution in [0.3, 0.4) is 0 Å². The Labute approximate surface area is 113 Å². The van der Waals surface area contributed by atoms with Gasteiger partial charge in [0.15, 0.2) is 5.69 Å². The van der Waals surface area contributed by atoms with Gasteiger partial charge in [-0.1, -0.05) is 6.07 Å². The Hall–Kier alpha value is -2.05. The van der Waals surface area contributed by atoms with Gasteiger partial charge >= 0.3 is 6.18 Å². The van der Waals surface area contributed by atoms with Crippen LogP contribution in [-0.2, 0) is 19.8 Å². The highest BCUT2D eigenvalue weighted by atomic mass is 19.4. The van der Waals surface area contributed by atoms with E-state index >= 15 is 0 Å². The van der Waals surface area contributed by atoms with Crippen LogP contribution < -0.4 is 5.32 Å². The summed E-state index contributed by atoms with van der Waals surface area (Å²) in [5, 5.41) is 6.27. The molecule has 0 aliphatic carbocycles. The molecule has 2 rings (SSSR count). The molecule has 108 valence electrons. The molecule has 0 fully saturated rings. The summed E-state index contributed by atoms with van der Waals surface area (Å²) >= 11 is 0. The minimum atomic E-state index is -4.47. The van der Waals surface area contributed by atoms with Crippen molar-refractivity contribution in [1.82, 2.24) is 9.78 Å². The van der Waals surface area contributed by atoms with Crippen molar-refractivity contribution in [3.63, 3.8) is 0 Å². The largest absolute Gasteiger partial charge is 0.435 e. The highest BCUT2D eigenvalue weighted by Crippen LogP contribution is 2.28. The first-order valence-corrected chi connectivity index (χ1v) is 5.87. The lowest BCUT2D eigenvalue weighted by Crippen LogP contribution is -2.07. The predicted molar refractivity (Wildman–Crippen MR) is 66.7 cm³/mol. The van der Waals surface area contributed by atoms with Gasteiger partial charge in [0.2, 0.25) is 0 Å². The molecule has 3 nitrogen and oxygen atoms in total. The minimum absolute atomic E-state index is 0.127. The summed E-state index contributed by atoms with van der Waals surface area (Å²) in [6.45, 7) is 1.76. The topological polar surface area (TPSA) is 29.9 Å². The maximum atomic E-state index is 13.3. The summed E-state index contributed by atoms with van der Waals surface area (Å²) in [5.74, 6) is -0.365. The van der Waals surface area contributed by atoms with Gasteiger partial charge in [-0.2, -0.15) is 18.3 Å². The Morgan fingerprint density at radius 1 is 1.25 bits per heavy atom. The number of rotatable bonds is 3. The first-order chi connectivity index (χ1) is 9.27. The minimum Gasteiger partial charge on any atom is -0.379 e. The van der Waals surface area contributed by atoms with Crippen molar-refractivity contribution in [2.24, 2.45) is 7.05 Å². The van der Waals surface area contributed by atoms with Crippen LogP contribution in [0.1, 0.15) is 17.0 Å². The number of hydrogen-bond donors (Lipinski definition) is 1. The van der Waals surface area contributed by atoms with Crippen LogP contribution >= 0.6 is 0 Å². The van der Waals surface area contributed by atoms with Crippen LogP contribution in [0.15, 0.2) is 24.3 Å². The Morgan fingerprint density at radius 2 is 1.95 bits per heavy atom. The van der Waals surface area contributed by atoms with Crippen LogP contribution in [0, 0.1) is 12.7 Å². The third-order valence-corrected chi connectivity index (χ3v) is 2.91. The number of halogens is 4. The van der Waals surface area contributed by atoms with Gasteiger partial charge in [0.25, 0.3) is 0 Å². The Morgan fingerprint density at radius 3 is 2.50 bits per heavy atom. The van der Waals surface area contributed by atoms with Gasteiger partial charge in [0.05, 0.1) is 12.2 Å². The predicted octanol–water partition coefficient (Wildman–Crippen LogP) is 3.50. The molecule has 0 atom stereocenters. The monoisotopic (exact) mass is 287 g/mol. The highest BCUT2D eigenvalue weighted by Gasteiger charge is 2.34. The number of aromatic nitrogens is 2. The number of aryl methyl sites for hydroxylation is 2. The number of hydrogen-bond acceptors (Lipinski definition) is 2. The quantitative estimate of drug-likeness (QED) is 0.876. The Bertz CT molecular complexity index is 617. The van der Waals surface area contributed by atoms with Gasteiger partial charge in [-0.25, -0.2) is 4.39 Å². The van der Waals surface area contributed by atoms with Crippen molar-refractivity contribution in [2.45, 2.75) is 19.6 Å². The van der Waals surface area contributed by atoms with Crippen molar-refractivity contribution < 1.29 is 17.6 Å². The Kier molecular flexibility index (Phi) is 3.69. The molecule has 0 spiro atoms. The highest BCUT2D eigenvalue weighted by molar-refractivity contribution is 5.45. The second-order valence-corrected chi connectivity index (χ2v) is 4.46. The summed E-state index contributed by atoms with van der Waals surface area (Å²) in [5.41, 5.74) is 0.434. The molecule has 0 saturated carbocycles. The third kappa shape index (κ3) is 3.09. The van der Waals surface area contributed by atoms with E-state index in [9.17, 15) is 17.6 Å². The van der Waals surface area contributed by atoms with Crippen molar-refractivity contribution in [2.75, 3.05) is 5.32 Å². The second kappa shape index (κ2) is 5.15. The summed E-state index contributed by atoms with van der Waals surface area (Å²) < 4.78 is 52.0. The summed E-state index contributed by atoms with van der Waals surface area (Å²) in [4.78, 5) is 0. The lowest BCUT2D eigenvalue weighted by molar-refractivity contribution is -0.141. The number of nitrogens with one attached hydrogen (secondary N) is 1. The molecule has 20 heavy (non-hydrogen) atoms. The van der Waals surface area contributed by atoms with Crippen molar-refractivity contribution in [1.29, 1.82) is 0 Å². The Balaban J connectivity index is 2.11. The molecule has 0 radical (unpaired) electrons. The van der Waals surface area contributed by atoms with Gasteiger partial charge < -0.3 is 5.32 Å². The van der Waals surface area contributed by atoms with Crippen molar-refractivity contribution in [3.8, 4) is 0 Å². The molecule has 2 aromatic rings.